The first-order chi connectivity index (χ1) is 0. The van der Waals surface area contributed by atoms with Crippen LogP contribution in [0.3, 0.4) is 0 Å². The third kappa shape index (κ3) is 8.82. The molecule has 0 saturated heterocycles. The van der Waals surface area contributed by atoms with Crippen LogP contribution >= 0.6 is 0 Å². The second kappa shape index (κ2) is 17.5. The van der Waals surface area contributed by atoms with Crippen molar-refractivity contribution in [2.45, 2.75) is 0 Å². The van der Waals surface area contributed by atoms with Gasteiger partial charge in [0.1, 0.15) is 0 Å². The van der Waals surface area contributed by atoms with Crippen molar-refractivity contribution in [3.05, 3.63) is 0 Å². The summed E-state index contributed by atoms with van der Waals surface area (Å²) in [5, 5.41) is 0. The number of rotatable bonds is 0. The molecule has 0 aromatic heterocycles. The molecule has 0 saturated carbocycles. The molecular weight excluding hydrogens is 135 g/mol. The van der Waals surface area contributed by atoms with Gasteiger partial charge in [-0.25, -0.2) is 0 Å². The van der Waals surface area contributed by atoms with Crippen molar-refractivity contribution in [2.75, 3.05) is 0 Å². The van der Waals surface area contributed by atoms with Crippen molar-refractivity contribution < 1.29 is 24.8 Å². The molecule has 0 nitrogen and oxygen atoms in total. The minimum atomic E-state index is 0. The number of halogens is 2. The molecule has 0 spiro atoms. The third-order valence-corrected chi connectivity index (χ3v) is 0. The molecule has 0 bridgehead atoms. The normalized spacial score (nSPS) is 0. The fourth-order valence-corrected chi connectivity index (χ4v) is 0. The van der Waals surface area contributed by atoms with E-state index in [1.807, 2.05) is 0 Å². The van der Waals surface area contributed by atoms with Crippen molar-refractivity contribution in [1.29, 1.82) is 0 Å². The Hall–Kier alpha value is 2.61. The Balaban J connectivity index is 0. The minimum Gasteiger partial charge on any atom is -1.00 e. The molecular formula is H2CaCl2Mg. The fraction of sp³-hybridized carbons (Fsp3) is 0. The number of hydrogen-bond donors (Lipinski definition) is 0. The summed E-state index contributed by atoms with van der Waals surface area (Å²) < 4.78 is 0. The molecule has 0 amide bonds. The molecule has 0 fully saturated rings. The second-order valence-corrected chi connectivity index (χ2v) is 0. The molecule has 0 atom stereocenters. The topological polar surface area (TPSA) is 0 Å². The van der Waals surface area contributed by atoms with Crippen LogP contribution in [0.5, 0.6) is 0 Å². The van der Waals surface area contributed by atoms with Gasteiger partial charge < -0.3 is 24.8 Å². The van der Waals surface area contributed by atoms with Crippen molar-refractivity contribution in [3.63, 3.8) is 0 Å². The minimum absolute atomic E-state index is 0. The van der Waals surface area contributed by atoms with Crippen LogP contribution < -0.4 is 24.8 Å². The molecule has 0 aromatic rings. The zero-order valence-electron chi connectivity index (χ0n) is 1.46. The smallest absolute Gasteiger partial charge is 1.00 e. The first kappa shape index (κ1) is 30.6. The van der Waals surface area contributed by atoms with Crippen LogP contribution in [0.1, 0.15) is 0 Å². The van der Waals surface area contributed by atoms with Gasteiger partial charge in [0.15, 0.2) is 0 Å². The van der Waals surface area contributed by atoms with E-state index in [0.29, 0.717) is 0 Å². The average molecular weight is 137 g/mol. The zero-order chi connectivity index (χ0) is 0. The van der Waals surface area contributed by atoms with Gasteiger partial charge in [0.2, 0.25) is 0 Å². The summed E-state index contributed by atoms with van der Waals surface area (Å²) in [5.74, 6) is 0. The van der Waals surface area contributed by atoms with Crippen LogP contribution in [0.4, 0.5) is 0 Å². The van der Waals surface area contributed by atoms with Gasteiger partial charge in [-0.2, -0.15) is 0 Å². The summed E-state index contributed by atoms with van der Waals surface area (Å²) in [6.45, 7) is 0. The standard InChI is InChI=1S/Ca.2ClH.Mg.2H/h;2*1H;;;/q;;;+2;;/p-2. The molecule has 0 heterocycles. The summed E-state index contributed by atoms with van der Waals surface area (Å²) in [6, 6.07) is 0. The molecule has 0 aromatic carbocycles. The fourth-order valence-electron chi connectivity index (χ4n) is 0. The van der Waals surface area contributed by atoms with Crippen molar-refractivity contribution in [1.82, 2.24) is 0 Å². The molecule has 0 N–H and O–H groups in total. The van der Waals surface area contributed by atoms with Gasteiger partial charge in [0, 0.05) is 0 Å². The van der Waals surface area contributed by atoms with E-state index in [1.54, 1.807) is 0 Å². The van der Waals surface area contributed by atoms with Crippen molar-refractivity contribution >= 4 is 60.8 Å². The van der Waals surface area contributed by atoms with Crippen LogP contribution in [0, 0.1) is 0 Å². The quantitative estimate of drug-likeness (QED) is 0.291. The molecule has 4 heteroatoms. The van der Waals surface area contributed by atoms with E-state index in [-0.39, 0.29) is 85.6 Å². The molecule has 0 unspecified atom stereocenters. The molecule has 0 radical (unpaired) electrons. The van der Waals surface area contributed by atoms with Gasteiger partial charge in [-0.3, -0.25) is 0 Å². The SMILES string of the molecule is [CaH2].[Cl-].[Cl-].[Mg+2]. The van der Waals surface area contributed by atoms with Gasteiger partial charge in [0.25, 0.3) is 0 Å². The monoisotopic (exact) mass is 136 g/mol. The van der Waals surface area contributed by atoms with Gasteiger partial charge in [0.05, 0.1) is 0 Å². The van der Waals surface area contributed by atoms with E-state index in [4.69, 9.17) is 0 Å². The predicted molar refractivity (Wildman–Crippen MR) is 14.3 cm³/mol. The van der Waals surface area contributed by atoms with E-state index in [9.17, 15) is 0 Å². The summed E-state index contributed by atoms with van der Waals surface area (Å²) in [5.41, 5.74) is 0. The molecule has 0 rings (SSSR count). The Labute approximate surface area is 84.1 Å². The summed E-state index contributed by atoms with van der Waals surface area (Å²) in [4.78, 5) is 0. The summed E-state index contributed by atoms with van der Waals surface area (Å²) in [7, 11) is 0. The molecule has 0 aliphatic carbocycles. The van der Waals surface area contributed by atoms with E-state index in [2.05, 4.69) is 0 Å². The Bertz CT molecular complexity index is 6.00. The Morgan fingerprint density at radius 3 is 0.750 bits per heavy atom. The van der Waals surface area contributed by atoms with Crippen LogP contribution in [-0.4, -0.2) is 60.8 Å². The van der Waals surface area contributed by atoms with Crippen LogP contribution in [0.15, 0.2) is 0 Å². The van der Waals surface area contributed by atoms with E-state index >= 15 is 0 Å². The summed E-state index contributed by atoms with van der Waals surface area (Å²) in [6.07, 6.45) is 0. The van der Waals surface area contributed by atoms with Crippen molar-refractivity contribution in [3.8, 4) is 0 Å². The first-order valence-electron chi connectivity index (χ1n) is 0. The third-order valence-electron chi connectivity index (χ3n) is 0. The van der Waals surface area contributed by atoms with Gasteiger partial charge in [-0.1, -0.05) is 0 Å². The van der Waals surface area contributed by atoms with E-state index in [1.165, 1.54) is 0 Å². The van der Waals surface area contributed by atoms with E-state index < -0.39 is 0 Å². The maximum absolute atomic E-state index is 0. The maximum atomic E-state index is 0. The zero-order valence-corrected chi connectivity index (χ0v) is 4.39. The number of hydrogen-bond acceptors (Lipinski definition) is 0. The predicted octanol–water partition coefficient (Wildman–Crippen LogP) is -7.29. The van der Waals surface area contributed by atoms with Gasteiger partial charge >= 0.3 is 60.8 Å². The van der Waals surface area contributed by atoms with Crippen LogP contribution in [0.2, 0.25) is 0 Å². The van der Waals surface area contributed by atoms with Gasteiger partial charge in [-0.15, -0.1) is 0 Å². The van der Waals surface area contributed by atoms with Gasteiger partial charge in [-0.05, 0) is 0 Å². The molecule has 0 aliphatic rings. The largest absolute Gasteiger partial charge is 2.00 e. The molecule has 0 aliphatic heterocycles. The molecule has 4 heavy (non-hydrogen) atoms. The second-order valence-electron chi connectivity index (χ2n) is 0. The Kier molecular flexibility index (Phi) is 134. The van der Waals surface area contributed by atoms with Crippen LogP contribution in [0.25, 0.3) is 0 Å². The average Bonchev–Trinajstić information content (AvgIpc) is 0. The van der Waals surface area contributed by atoms with Crippen molar-refractivity contribution in [2.24, 2.45) is 0 Å². The summed E-state index contributed by atoms with van der Waals surface area (Å²) >= 11 is 0. The maximum Gasteiger partial charge on any atom is 2.00 e. The van der Waals surface area contributed by atoms with E-state index in [0.717, 1.165) is 0 Å². The molecule has 20 valence electrons. The Morgan fingerprint density at radius 1 is 0.750 bits per heavy atom. The van der Waals surface area contributed by atoms with Crippen LogP contribution in [-0.2, 0) is 0 Å². The Morgan fingerprint density at radius 2 is 0.750 bits per heavy atom. The first-order valence-corrected chi connectivity index (χ1v) is 0.